The van der Waals surface area contributed by atoms with Crippen LogP contribution in [-0.2, 0) is 4.79 Å². The third-order valence-corrected chi connectivity index (χ3v) is 4.89. The number of pyridine rings is 1. The normalized spacial score (nSPS) is 20.3. The van der Waals surface area contributed by atoms with E-state index in [1.54, 1.807) is 11.1 Å². The Morgan fingerprint density at radius 3 is 2.84 bits per heavy atom. The van der Waals surface area contributed by atoms with Gasteiger partial charge in [-0.2, -0.15) is 0 Å². The maximum absolute atomic E-state index is 12.7. The number of carbonyl (C=O) groups is 2. The zero-order valence-corrected chi connectivity index (χ0v) is 14.1. The molecule has 2 aromatic rings. The van der Waals surface area contributed by atoms with Crippen molar-refractivity contribution in [2.45, 2.75) is 31.7 Å². The molecule has 2 aliphatic rings. The van der Waals surface area contributed by atoms with Crippen molar-refractivity contribution >= 4 is 28.5 Å². The van der Waals surface area contributed by atoms with Gasteiger partial charge in [0.15, 0.2) is 0 Å². The second kappa shape index (κ2) is 6.70. The molecule has 0 spiro atoms. The number of anilines is 1. The number of hydrogen-bond donors (Lipinski definition) is 2. The van der Waals surface area contributed by atoms with Gasteiger partial charge in [-0.3, -0.25) is 9.78 Å². The molecule has 1 aliphatic carbocycles. The highest BCUT2D eigenvalue weighted by molar-refractivity contribution is 6.01. The molecule has 0 radical (unpaired) electrons. The van der Waals surface area contributed by atoms with Gasteiger partial charge in [-0.25, -0.2) is 4.79 Å². The number of fused-ring (bicyclic) bond motifs is 1. The summed E-state index contributed by atoms with van der Waals surface area (Å²) in [4.78, 5) is 31.0. The van der Waals surface area contributed by atoms with Crippen molar-refractivity contribution in [2.75, 3.05) is 18.4 Å². The fourth-order valence-electron chi connectivity index (χ4n) is 3.32. The molecule has 1 aliphatic heterocycles. The van der Waals surface area contributed by atoms with E-state index in [9.17, 15) is 9.59 Å². The summed E-state index contributed by atoms with van der Waals surface area (Å²) in [5, 5.41) is 6.96. The van der Waals surface area contributed by atoms with E-state index in [0.717, 1.165) is 48.8 Å². The van der Waals surface area contributed by atoms with Crippen molar-refractivity contribution in [3.63, 3.8) is 0 Å². The van der Waals surface area contributed by atoms with Crippen LogP contribution in [0.15, 0.2) is 36.5 Å². The summed E-state index contributed by atoms with van der Waals surface area (Å²) in [7, 11) is 0. The van der Waals surface area contributed by atoms with E-state index in [0.29, 0.717) is 12.6 Å². The molecule has 1 aromatic heterocycles. The van der Waals surface area contributed by atoms with Gasteiger partial charge in [0.2, 0.25) is 5.91 Å². The summed E-state index contributed by atoms with van der Waals surface area (Å²) in [5.41, 5.74) is 1.63. The van der Waals surface area contributed by atoms with Crippen LogP contribution in [-0.4, -0.2) is 41.0 Å². The van der Waals surface area contributed by atoms with Crippen LogP contribution >= 0.6 is 0 Å². The van der Waals surface area contributed by atoms with E-state index >= 15 is 0 Å². The highest BCUT2D eigenvalue weighted by Gasteiger charge is 2.31. The number of likely N-dealkylation sites (tertiary alicyclic amines) is 1. The fourth-order valence-corrected chi connectivity index (χ4v) is 3.32. The van der Waals surface area contributed by atoms with Gasteiger partial charge in [0.05, 0.1) is 17.1 Å². The number of nitrogens with zero attached hydrogens (tertiary/aromatic N) is 2. The number of rotatable bonds is 3. The van der Waals surface area contributed by atoms with Crippen LogP contribution in [0, 0.1) is 5.92 Å². The van der Waals surface area contributed by atoms with Crippen molar-refractivity contribution in [1.82, 2.24) is 15.2 Å². The van der Waals surface area contributed by atoms with Crippen LogP contribution in [0.2, 0.25) is 0 Å². The summed E-state index contributed by atoms with van der Waals surface area (Å²) in [6.07, 6.45) is 5.54. The summed E-state index contributed by atoms with van der Waals surface area (Å²) >= 11 is 0. The predicted octanol–water partition coefficient (Wildman–Crippen LogP) is 2.76. The van der Waals surface area contributed by atoms with Gasteiger partial charge >= 0.3 is 6.03 Å². The monoisotopic (exact) mass is 338 g/mol. The van der Waals surface area contributed by atoms with Gasteiger partial charge in [0.1, 0.15) is 0 Å². The molecule has 6 heteroatoms. The average molecular weight is 338 g/mol. The zero-order chi connectivity index (χ0) is 17.2. The van der Waals surface area contributed by atoms with E-state index < -0.39 is 0 Å². The fraction of sp³-hybridized carbons (Fsp3) is 0.421. The SMILES string of the molecule is O=C(Nc1cccc2ncccc12)C1CCCN(C(=O)NC2CC2)C1. The third kappa shape index (κ3) is 3.57. The Balaban J connectivity index is 1.44. The second-order valence-corrected chi connectivity index (χ2v) is 6.87. The summed E-state index contributed by atoms with van der Waals surface area (Å²) in [6, 6.07) is 9.83. The molecule has 130 valence electrons. The Kier molecular flexibility index (Phi) is 4.26. The Hall–Kier alpha value is -2.63. The van der Waals surface area contributed by atoms with E-state index in [2.05, 4.69) is 15.6 Å². The van der Waals surface area contributed by atoms with Crippen LogP contribution in [0.25, 0.3) is 10.9 Å². The Labute approximate surface area is 146 Å². The minimum atomic E-state index is -0.175. The number of piperidine rings is 1. The van der Waals surface area contributed by atoms with Gasteiger partial charge in [-0.05, 0) is 49.9 Å². The molecule has 1 saturated carbocycles. The molecule has 1 aromatic carbocycles. The van der Waals surface area contributed by atoms with Crippen LogP contribution in [0.3, 0.4) is 0 Å². The number of carbonyl (C=O) groups excluding carboxylic acids is 2. The molecule has 4 rings (SSSR count). The van der Waals surface area contributed by atoms with Crippen LogP contribution in [0.4, 0.5) is 10.5 Å². The molecule has 6 nitrogen and oxygen atoms in total. The number of urea groups is 1. The molecular formula is C19H22N4O2. The number of aromatic nitrogens is 1. The summed E-state index contributed by atoms with van der Waals surface area (Å²) in [6.45, 7) is 1.20. The van der Waals surface area contributed by atoms with Crippen molar-refractivity contribution in [1.29, 1.82) is 0 Å². The van der Waals surface area contributed by atoms with Gasteiger partial charge in [-0.15, -0.1) is 0 Å². The first-order valence-corrected chi connectivity index (χ1v) is 8.91. The minimum absolute atomic E-state index is 0.0275. The topological polar surface area (TPSA) is 74.3 Å². The minimum Gasteiger partial charge on any atom is -0.335 e. The second-order valence-electron chi connectivity index (χ2n) is 6.87. The lowest BCUT2D eigenvalue weighted by Gasteiger charge is -2.32. The van der Waals surface area contributed by atoms with Crippen LogP contribution in [0.1, 0.15) is 25.7 Å². The maximum atomic E-state index is 12.7. The molecule has 2 fully saturated rings. The van der Waals surface area contributed by atoms with Crippen molar-refractivity contribution in [2.24, 2.45) is 5.92 Å². The molecule has 2 heterocycles. The number of nitrogens with one attached hydrogen (secondary N) is 2. The standard InChI is InChI=1S/C19H22N4O2/c24-18(22-17-7-1-6-16-15(17)5-2-10-20-16)13-4-3-11-23(12-13)19(25)21-14-8-9-14/h1-2,5-7,10,13-14H,3-4,8-9,11-12H2,(H,21,25)(H,22,24). The maximum Gasteiger partial charge on any atom is 0.317 e. The van der Waals surface area contributed by atoms with Crippen molar-refractivity contribution in [3.8, 4) is 0 Å². The first-order valence-electron chi connectivity index (χ1n) is 8.91. The van der Waals surface area contributed by atoms with Crippen molar-refractivity contribution < 1.29 is 9.59 Å². The lowest BCUT2D eigenvalue weighted by atomic mass is 9.97. The van der Waals surface area contributed by atoms with E-state index in [-0.39, 0.29) is 17.9 Å². The molecular weight excluding hydrogens is 316 g/mol. The quantitative estimate of drug-likeness (QED) is 0.904. The first-order chi connectivity index (χ1) is 12.2. The largest absolute Gasteiger partial charge is 0.335 e. The van der Waals surface area contributed by atoms with Crippen LogP contribution < -0.4 is 10.6 Å². The predicted molar refractivity (Wildman–Crippen MR) is 96.2 cm³/mol. The highest BCUT2D eigenvalue weighted by atomic mass is 16.2. The number of amides is 3. The summed E-state index contributed by atoms with van der Waals surface area (Å²) < 4.78 is 0. The Morgan fingerprint density at radius 2 is 2.00 bits per heavy atom. The summed E-state index contributed by atoms with van der Waals surface area (Å²) in [5.74, 6) is -0.203. The lowest BCUT2D eigenvalue weighted by molar-refractivity contribution is -0.121. The molecule has 0 bridgehead atoms. The highest BCUT2D eigenvalue weighted by Crippen LogP contribution is 2.25. The van der Waals surface area contributed by atoms with E-state index in [1.807, 2.05) is 30.3 Å². The van der Waals surface area contributed by atoms with E-state index in [4.69, 9.17) is 0 Å². The van der Waals surface area contributed by atoms with Gasteiger partial charge in [-0.1, -0.05) is 6.07 Å². The first kappa shape index (κ1) is 15.9. The molecule has 1 saturated heterocycles. The average Bonchev–Trinajstić information content (AvgIpc) is 3.46. The number of benzene rings is 1. The lowest BCUT2D eigenvalue weighted by Crippen LogP contribution is -2.48. The zero-order valence-electron chi connectivity index (χ0n) is 14.1. The van der Waals surface area contributed by atoms with E-state index in [1.165, 1.54) is 0 Å². The molecule has 1 atom stereocenters. The molecule has 1 unspecified atom stereocenters. The van der Waals surface area contributed by atoms with Crippen molar-refractivity contribution in [3.05, 3.63) is 36.5 Å². The molecule has 3 amide bonds. The molecule has 25 heavy (non-hydrogen) atoms. The van der Waals surface area contributed by atoms with Gasteiger partial charge in [0.25, 0.3) is 0 Å². The molecule has 2 N–H and O–H groups in total. The third-order valence-electron chi connectivity index (χ3n) is 4.89. The Morgan fingerprint density at radius 1 is 1.12 bits per heavy atom. The Bertz CT molecular complexity index is 798. The smallest absolute Gasteiger partial charge is 0.317 e. The van der Waals surface area contributed by atoms with Crippen LogP contribution in [0.5, 0.6) is 0 Å². The number of hydrogen-bond acceptors (Lipinski definition) is 3. The van der Waals surface area contributed by atoms with Gasteiger partial charge < -0.3 is 15.5 Å². The van der Waals surface area contributed by atoms with Gasteiger partial charge in [0, 0.05) is 30.7 Å².